The summed E-state index contributed by atoms with van der Waals surface area (Å²) < 4.78 is 4.91. The summed E-state index contributed by atoms with van der Waals surface area (Å²) in [6.45, 7) is 8.75. The van der Waals surface area contributed by atoms with E-state index in [1.165, 1.54) is 12.7 Å². The van der Waals surface area contributed by atoms with E-state index >= 15 is 0 Å². The molecule has 0 radical (unpaired) electrons. The molecule has 1 fully saturated rings. The number of guanidine groups is 1. The molecule has 1 aliphatic heterocycles. The van der Waals surface area contributed by atoms with Crippen molar-refractivity contribution in [2.45, 2.75) is 26.2 Å². The maximum Gasteiger partial charge on any atom is 0.310 e. The number of nitrogens with one attached hydrogen (secondary N) is 1. The van der Waals surface area contributed by atoms with E-state index in [1.807, 2.05) is 6.07 Å². The average molecular weight is 331 g/mol. The third-order valence-electron chi connectivity index (χ3n) is 4.87. The summed E-state index contributed by atoms with van der Waals surface area (Å²) in [6, 6.07) is 10.5. The lowest BCUT2D eigenvalue weighted by Gasteiger charge is -2.29. The molecule has 2 unspecified atom stereocenters. The topological polar surface area (TPSA) is 53.9 Å². The van der Waals surface area contributed by atoms with Crippen LogP contribution >= 0.6 is 0 Å². The van der Waals surface area contributed by atoms with E-state index in [9.17, 15) is 4.79 Å². The molecule has 0 aliphatic carbocycles. The van der Waals surface area contributed by atoms with E-state index in [0.29, 0.717) is 6.54 Å². The van der Waals surface area contributed by atoms with Gasteiger partial charge in [0.1, 0.15) is 0 Å². The van der Waals surface area contributed by atoms with Crippen molar-refractivity contribution in [3.63, 3.8) is 0 Å². The van der Waals surface area contributed by atoms with Crippen LogP contribution in [0.5, 0.6) is 0 Å². The number of carbonyl (C=O) groups excluding carboxylic acids is 1. The van der Waals surface area contributed by atoms with Gasteiger partial charge in [0, 0.05) is 32.1 Å². The smallest absolute Gasteiger partial charge is 0.310 e. The molecule has 0 aromatic heterocycles. The van der Waals surface area contributed by atoms with Crippen LogP contribution in [0.2, 0.25) is 0 Å². The minimum absolute atomic E-state index is 0.00963. The van der Waals surface area contributed by atoms with Crippen LogP contribution in [-0.4, -0.2) is 50.6 Å². The molecule has 1 aromatic carbocycles. The molecule has 2 rings (SSSR count). The van der Waals surface area contributed by atoms with Crippen molar-refractivity contribution in [2.24, 2.45) is 16.8 Å². The highest BCUT2D eigenvalue weighted by Crippen LogP contribution is 2.25. The van der Waals surface area contributed by atoms with Crippen molar-refractivity contribution in [3.8, 4) is 0 Å². The molecule has 24 heavy (non-hydrogen) atoms. The van der Waals surface area contributed by atoms with Crippen molar-refractivity contribution < 1.29 is 9.53 Å². The molecule has 1 aromatic rings. The first kappa shape index (κ1) is 18.3. The first-order valence-electron chi connectivity index (χ1n) is 8.48. The van der Waals surface area contributed by atoms with Crippen LogP contribution in [0.1, 0.15) is 26.3 Å². The molecular weight excluding hydrogens is 302 g/mol. The van der Waals surface area contributed by atoms with Gasteiger partial charge in [-0.15, -0.1) is 0 Å². The van der Waals surface area contributed by atoms with E-state index in [1.54, 1.807) is 7.05 Å². The number of carbonyl (C=O) groups is 1. The zero-order valence-corrected chi connectivity index (χ0v) is 15.4. The number of rotatable bonds is 4. The Kier molecular flexibility index (Phi) is 5.86. The Hall–Kier alpha value is -2.04. The normalized spacial score (nSPS) is 21.7. The van der Waals surface area contributed by atoms with Crippen LogP contribution in [-0.2, 0) is 14.9 Å². The SMILES string of the molecule is CN=C(NCC(C)(C)c1ccccc1)N1CC(C)C(C(=O)OC)C1. The molecule has 132 valence electrons. The van der Waals surface area contributed by atoms with Gasteiger partial charge in [-0.05, 0) is 11.5 Å². The van der Waals surface area contributed by atoms with E-state index in [0.717, 1.165) is 19.0 Å². The number of nitrogens with zero attached hydrogens (tertiary/aromatic N) is 2. The third-order valence-corrected chi connectivity index (χ3v) is 4.87. The lowest BCUT2D eigenvalue weighted by Crippen LogP contribution is -2.45. The largest absolute Gasteiger partial charge is 0.469 e. The number of benzene rings is 1. The summed E-state index contributed by atoms with van der Waals surface area (Å²) in [5.74, 6) is 0.885. The van der Waals surface area contributed by atoms with Crippen LogP contribution in [0.4, 0.5) is 0 Å². The van der Waals surface area contributed by atoms with E-state index in [-0.39, 0.29) is 23.2 Å². The zero-order valence-electron chi connectivity index (χ0n) is 15.4. The lowest BCUT2D eigenvalue weighted by atomic mass is 9.85. The van der Waals surface area contributed by atoms with Crippen LogP contribution in [0.25, 0.3) is 0 Å². The highest BCUT2D eigenvalue weighted by molar-refractivity contribution is 5.82. The fraction of sp³-hybridized carbons (Fsp3) is 0.579. The van der Waals surface area contributed by atoms with Gasteiger partial charge in [0.15, 0.2) is 5.96 Å². The molecule has 0 amide bonds. The quantitative estimate of drug-likeness (QED) is 0.522. The standard InChI is InChI=1S/C19H29N3O2/c1-14-11-22(12-16(14)17(23)24-5)18(20-4)21-13-19(2,3)15-9-7-6-8-10-15/h6-10,14,16H,11-13H2,1-5H3,(H,20,21). The summed E-state index contributed by atoms with van der Waals surface area (Å²) in [5.41, 5.74) is 1.28. The molecule has 0 saturated carbocycles. The summed E-state index contributed by atoms with van der Waals surface area (Å²) >= 11 is 0. The maximum atomic E-state index is 11.9. The van der Waals surface area contributed by atoms with Gasteiger partial charge >= 0.3 is 5.97 Å². The van der Waals surface area contributed by atoms with Gasteiger partial charge in [0.05, 0.1) is 13.0 Å². The van der Waals surface area contributed by atoms with Gasteiger partial charge in [-0.25, -0.2) is 0 Å². The Morgan fingerprint density at radius 3 is 2.58 bits per heavy atom. The Morgan fingerprint density at radius 2 is 2.00 bits per heavy atom. The minimum atomic E-state index is -0.134. The fourth-order valence-electron chi connectivity index (χ4n) is 3.22. The summed E-state index contributed by atoms with van der Waals surface area (Å²) in [5, 5.41) is 3.47. The predicted molar refractivity (Wildman–Crippen MR) is 97.1 cm³/mol. The molecule has 5 nitrogen and oxygen atoms in total. The number of likely N-dealkylation sites (tertiary alicyclic amines) is 1. The van der Waals surface area contributed by atoms with E-state index in [2.05, 4.69) is 60.2 Å². The predicted octanol–water partition coefficient (Wildman–Crippen LogP) is 2.28. The molecule has 1 saturated heterocycles. The van der Waals surface area contributed by atoms with Crippen LogP contribution in [0.3, 0.4) is 0 Å². The van der Waals surface area contributed by atoms with E-state index < -0.39 is 0 Å². The molecule has 1 aliphatic rings. The number of esters is 1. The number of hydrogen-bond acceptors (Lipinski definition) is 3. The van der Waals surface area contributed by atoms with E-state index in [4.69, 9.17) is 4.74 Å². The molecule has 0 bridgehead atoms. The van der Waals surface area contributed by atoms with Crippen molar-refractivity contribution in [1.82, 2.24) is 10.2 Å². The summed E-state index contributed by atoms with van der Waals surface area (Å²) in [6.07, 6.45) is 0. The molecule has 1 N–H and O–H groups in total. The first-order chi connectivity index (χ1) is 11.4. The molecule has 1 heterocycles. The van der Waals surface area contributed by atoms with Crippen molar-refractivity contribution in [2.75, 3.05) is 33.8 Å². The Balaban J connectivity index is 2.00. The Labute approximate surface area is 145 Å². The Bertz CT molecular complexity index is 584. The highest BCUT2D eigenvalue weighted by atomic mass is 16.5. The van der Waals surface area contributed by atoms with Crippen LogP contribution < -0.4 is 5.32 Å². The molecule has 0 spiro atoms. The second-order valence-corrected chi connectivity index (χ2v) is 7.16. The van der Waals surface area contributed by atoms with Gasteiger partial charge in [0.2, 0.25) is 0 Å². The second-order valence-electron chi connectivity index (χ2n) is 7.16. The number of ether oxygens (including phenoxy) is 1. The number of methoxy groups -OCH3 is 1. The second kappa shape index (κ2) is 7.69. The Morgan fingerprint density at radius 1 is 1.33 bits per heavy atom. The molecule has 2 atom stereocenters. The first-order valence-corrected chi connectivity index (χ1v) is 8.48. The zero-order chi connectivity index (χ0) is 17.7. The average Bonchev–Trinajstić information content (AvgIpc) is 2.97. The van der Waals surface area contributed by atoms with Gasteiger partial charge in [0.25, 0.3) is 0 Å². The maximum absolute atomic E-state index is 11.9. The molecular formula is C19H29N3O2. The van der Waals surface area contributed by atoms with Crippen molar-refractivity contribution in [3.05, 3.63) is 35.9 Å². The summed E-state index contributed by atoms with van der Waals surface area (Å²) in [4.78, 5) is 18.4. The highest BCUT2D eigenvalue weighted by Gasteiger charge is 2.37. The summed E-state index contributed by atoms with van der Waals surface area (Å²) in [7, 11) is 3.24. The monoisotopic (exact) mass is 331 g/mol. The van der Waals surface area contributed by atoms with Gasteiger partial charge in [-0.1, -0.05) is 51.1 Å². The fourth-order valence-corrected chi connectivity index (χ4v) is 3.22. The van der Waals surface area contributed by atoms with Gasteiger partial charge < -0.3 is 15.0 Å². The van der Waals surface area contributed by atoms with Crippen LogP contribution in [0.15, 0.2) is 35.3 Å². The van der Waals surface area contributed by atoms with Gasteiger partial charge in [-0.3, -0.25) is 9.79 Å². The molecule has 5 heteroatoms. The minimum Gasteiger partial charge on any atom is -0.469 e. The van der Waals surface area contributed by atoms with Crippen molar-refractivity contribution >= 4 is 11.9 Å². The third kappa shape index (κ3) is 4.08. The van der Waals surface area contributed by atoms with Crippen LogP contribution in [0, 0.1) is 11.8 Å². The number of aliphatic imine (C=N–C) groups is 1. The van der Waals surface area contributed by atoms with Gasteiger partial charge in [-0.2, -0.15) is 0 Å². The lowest BCUT2D eigenvalue weighted by molar-refractivity contribution is -0.145. The van der Waals surface area contributed by atoms with Crippen molar-refractivity contribution in [1.29, 1.82) is 0 Å². The number of hydrogen-bond donors (Lipinski definition) is 1.